The lowest BCUT2D eigenvalue weighted by atomic mass is 10.1. The molecule has 2 saturated heterocycles. The van der Waals surface area contributed by atoms with Crippen LogP contribution in [0.2, 0.25) is 5.02 Å². The normalized spacial score (nSPS) is 19.6. The molecule has 37 heavy (non-hydrogen) atoms. The summed E-state index contributed by atoms with van der Waals surface area (Å²) in [5, 5.41) is 6.12. The van der Waals surface area contributed by atoms with Gasteiger partial charge in [0.15, 0.2) is 0 Å². The van der Waals surface area contributed by atoms with Crippen LogP contribution in [0.3, 0.4) is 0 Å². The maximum absolute atomic E-state index is 13.3. The van der Waals surface area contributed by atoms with Gasteiger partial charge in [-0.15, -0.1) is 0 Å². The molecule has 0 bridgehead atoms. The first-order chi connectivity index (χ1) is 17.7. The van der Waals surface area contributed by atoms with Crippen LogP contribution in [0.5, 0.6) is 0 Å². The van der Waals surface area contributed by atoms with Gasteiger partial charge in [-0.3, -0.25) is 14.4 Å². The molecule has 11 heteroatoms. The highest BCUT2D eigenvalue weighted by atomic mass is 35.5. The summed E-state index contributed by atoms with van der Waals surface area (Å²) in [4.78, 5) is 53.6. The average molecular weight is 529 g/mol. The number of rotatable bonds is 6. The van der Waals surface area contributed by atoms with E-state index in [-0.39, 0.29) is 31.4 Å². The number of carbonyl (C=O) groups excluding carboxylic acids is 4. The third-order valence-corrected chi connectivity index (χ3v) is 6.36. The summed E-state index contributed by atoms with van der Waals surface area (Å²) in [6.45, 7) is 4.48. The molecule has 2 unspecified atom stereocenters. The molecule has 2 fully saturated rings. The number of nitrogens with zero attached hydrogens (tertiary/aromatic N) is 2. The molecule has 2 N–H and O–H groups in total. The molecule has 0 aliphatic carbocycles. The molecule has 2 aromatic rings. The fourth-order valence-corrected chi connectivity index (χ4v) is 4.25. The molecule has 2 aliphatic heterocycles. The van der Waals surface area contributed by atoms with Gasteiger partial charge in [-0.05, 0) is 48.5 Å². The zero-order valence-electron chi connectivity index (χ0n) is 20.6. The molecule has 2 aliphatic rings. The van der Waals surface area contributed by atoms with Crippen molar-refractivity contribution in [3.05, 3.63) is 53.6 Å². The molecule has 0 aromatic heterocycles. The van der Waals surface area contributed by atoms with E-state index in [0.717, 1.165) is 0 Å². The maximum atomic E-state index is 13.3. The molecule has 0 spiro atoms. The van der Waals surface area contributed by atoms with Crippen molar-refractivity contribution in [2.45, 2.75) is 32.4 Å². The minimum absolute atomic E-state index is 0.0383. The summed E-state index contributed by atoms with van der Waals surface area (Å²) in [6, 6.07) is 12.1. The fraction of sp³-hybridized carbons (Fsp3) is 0.385. The van der Waals surface area contributed by atoms with Crippen molar-refractivity contribution in [2.75, 3.05) is 41.8 Å². The van der Waals surface area contributed by atoms with Gasteiger partial charge in [0, 0.05) is 35.1 Å². The lowest BCUT2D eigenvalue weighted by molar-refractivity contribution is -0.152. The summed E-state index contributed by atoms with van der Waals surface area (Å²) in [5.74, 6) is -1.26. The highest BCUT2D eigenvalue weighted by Crippen LogP contribution is 2.26. The molecule has 2 heterocycles. The van der Waals surface area contributed by atoms with Crippen molar-refractivity contribution in [1.82, 2.24) is 4.90 Å². The second-order valence-electron chi connectivity index (χ2n) is 9.19. The quantitative estimate of drug-likeness (QED) is 0.554. The van der Waals surface area contributed by atoms with Crippen LogP contribution >= 0.6 is 11.6 Å². The van der Waals surface area contributed by atoms with Gasteiger partial charge in [-0.2, -0.15) is 0 Å². The van der Waals surface area contributed by atoms with Crippen LogP contribution in [0.1, 0.15) is 20.3 Å². The van der Waals surface area contributed by atoms with Gasteiger partial charge in [0.1, 0.15) is 18.8 Å². The number of likely N-dealkylation sites (tertiary alicyclic amines) is 1. The number of carbonyl (C=O) groups is 4. The Morgan fingerprint density at radius 1 is 1.03 bits per heavy atom. The van der Waals surface area contributed by atoms with E-state index in [1.807, 2.05) is 0 Å². The lowest BCUT2D eigenvalue weighted by Gasteiger charge is -2.27. The molecule has 0 radical (unpaired) electrons. The Hall–Kier alpha value is -3.63. The third-order valence-electron chi connectivity index (χ3n) is 6.11. The summed E-state index contributed by atoms with van der Waals surface area (Å²) in [5.41, 5.74) is 1.73. The van der Waals surface area contributed by atoms with E-state index in [4.69, 9.17) is 21.1 Å². The number of nitrogens with one attached hydrogen (secondary N) is 2. The van der Waals surface area contributed by atoms with Crippen LogP contribution in [0.4, 0.5) is 21.9 Å². The number of halogens is 1. The van der Waals surface area contributed by atoms with Gasteiger partial charge >= 0.3 is 12.0 Å². The van der Waals surface area contributed by atoms with E-state index < -0.39 is 30.1 Å². The number of benzene rings is 2. The Morgan fingerprint density at radius 3 is 2.32 bits per heavy atom. The summed E-state index contributed by atoms with van der Waals surface area (Å²) >= 11 is 5.92. The van der Waals surface area contributed by atoms with Crippen LogP contribution in [0, 0.1) is 5.92 Å². The van der Waals surface area contributed by atoms with Gasteiger partial charge in [0.25, 0.3) is 5.91 Å². The van der Waals surface area contributed by atoms with Gasteiger partial charge < -0.3 is 29.9 Å². The second-order valence-corrected chi connectivity index (χ2v) is 9.63. The standard InChI is InChI=1S/C26H29ClN4O6/c1-16(2)25(34)37-21-13-22(31(14-21)26(35)29-19-5-3-17(27)4-6-19)24(33)28-18-7-9-20(10-8-18)30-11-12-36-15-23(30)32/h3-10,16,21-22H,11-15H2,1-2H3,(H,28,33)(H,29,35). The number of urea groups is 1. The van der Waals surface area contributed by atoms with E-state index in [0.29, 0.717) is 35.2 Å². The van der Waals surface area contributed by atoms with Crippen molar-refractivity contribution in [3.8, 4) is 0 Å². The van der Waals surface area contributed by atoms with E-state index >= 15 is 0 Å². The largest absolute Gasteiger partial charge is 0.460 e. The minimum atomic E-state index is -0.863. The smallest absolute Gasteiger partial charge is 0.322 e. The summed E-state index contributed by atoms with van der Waals surface area (Å²) in [7, 11) is 0. The molecule has 2 aromatic carbocycles. The summed E-state index contributed by atoms with van der Waals surface area (Å²) in [6.07, 6.45) is -0.449. The number of esters is 1. The predicted octanol–water partition coefficient (Wildman–Crippen LogP) is 3.52. The van der Waals surface area contributed by atoms with Crippen molar-refractivity contribution < 1.29 is 28.7 Å². The fourth-order valence-electron chi connectivity index (χ4n) is 4.13. The molecule has 4 amide bonds. The highest BCUT2D eigenvalue weighted by Gasteiger charge is 2.41. The number of ether oxygens (including phenoxy) is 2. The topological polar surface area (TPSA) is 117 Å². The number of anilines is 3. The zero-order chi connectivity index (χ0) is 26.5. The van der Waals surface area contributed by atoms with Crippen LogP contribution in [0.15, 0.2) is 48.5 Å². The molecule has 0 saturated carbocycles. The van der Waals surface area contributed by atoms with Crippen molar-refractivity contribution in [3.63, 3.8) is 0 Å². The SMILES string of the molecule is CC(C)C(=O)OC1CC(C(=O)Nc2ccc(N3CCOCC3=O)cc2)N(C(=O)Nc2ccc(Cl)cc2)C1. The van der Waals surface area contributed by atoms with Gasteiger partial charge in [0.2, 0.25) is 5.91 Å². The van der Waals surface area contributed by atoms with Gasteiger partial charge in [-0.25, -0.2) is 4.79 Å². The molecular formula is C26H29ClN4O6. The van der Waals surface area contributed by atoms with E-state index in [1.165, 1.54) is 4.90 Å². The van der Waals surface area contributed by atoms with Crippen molar-refractivity contribution in [2.24, 2.45) is 5.92 Å². The average Bonchev–Trinajstić information content (AvgIpc) is 3.30. The Kier molecular flexibility index (Phi) is 8.30. The Morgan fingerprint density at radius 2 is 1.68 bits per heavy atom. The Bertz CT molecular complexity index is 1150. The van der Waals surface area contributed by atoms with Crippen LogP contribution in [-0.4, -0.2) is 67.2 Å². The maximum Gasteiger partial charge on any atom is 0.322 e. The zero-order valence-corrected chi connectivity index (χ0v) is 21.4. The second kappa shape index (κ2) is 11.6. The number of morpholine rings is 1. The number of amides is 4. The van der Waals surface area contributed by atoms with Crippen LogP contribution in [0.25, 0.3) is 0 Å². The highest BCUT2D eigenvalue weighted by molar-refractivity contribution is 6.30. The van der Waals surface area contributed by atoms with E-state index in [1.54, 1.807) is 67.3 Å². The van der Waals surface area contributed by atoms with Crippen LogP contribution in [-0.2, 0) is 23.9 Å². The molecule has 10 nitrogen and oxygen atoms in total. The van der Waals surface area contributed by atoms with Crippen LogP contribution < -0.4 is 15.5 Å². The summed E-state index contributed by atoms with van der Waals surface area (Å²) < 4.78 is 10.7. The first kappa shape index (κ1) is 26.4. The van der Waals surface area contributed by atoms with Gasteiger partial charge in [-0.1, -0.05) is 25.4 Å². The van der Waals surface area contributed by atoms with Crippen molar-refractivity contribution >= 4 is 52.5 Å². The minimum Gasteiger partial charge on any atom is -0.460 e. The van der Waals surface area contributed by atoms with E-state index in [9.17, 15) is 19.2 Å². The molecule has 2 atom stereocenters. The van der Waals surface area contributed by atoms with E-state index in [2.05, 4.69) is 10.6 Å². The predicted molar refractivity (Wildman–Crippen MR) is 139 cm³/mol. The Balaban J connectivity index is 1.46. The molecule has 4 rings (SSSR count). The van der Waals surface area contributed by atoms with Gasteiger partial charge in [0.05, 0.1) is 19.1 Å². The van der Waals surface area contributed by atoms with Crippen molar-refractivity contribution in [1.29, 1.82) is 0 Å². The monoisotopic (exact) mass is 528 g/mol. The Labute approximate surface area is 219 Å². The lowest BCUT2D eigenvalue weighted by Crippen LogP contribution is -2.45. The number of hydrogen-bond acceptors (Lipinski definition) is 6. The number of hydrogen-bond donors (Lipinski definition) is 2. The first-order valence-corrected chi connectivity index (χ1v) is 12.4. The third kappa shape index (κ3) is 6.58. The first-order valence-electron chi connectivity index (χ1n) is 12.0. The molecular weight excluding hydrogens is 500 g/mol. The molecule has 196 valence electrons.